The summed E-state index contributed by atoms with van der Waals surface area (Å²) in [5, 5.41) is 0.379. The van der Waals surface area contributed by atoms with Crippen LogP contribution in [0.5, 0.6) is 0 Å². The Kier molecular flexibility index (Phi) is 2.22. The molecule has 62 valence electrons. The summed E-state index contributed by atoms with van der Waals surface area (Å²) in [6.07, 6.45) is 0. The van der Waals surface area contributed by atoms with Gasteiger partial charge < -0.3 is 0 Å². The monoisotopic (exact) mass is 313 g/mol. The van der Waals surface area contributed by atoms with Gasteiger partial charge in [-0.25, -0.2) is 9.37 Å². The molecule has 2 aromatic rings. The lowest BCUT2D eigenvalue weighted by molar-refractivity contribution is 0.630. The Morgan fingerprint density at radius 3 is 3.00 bits per heavy atom. The van der Waals surface area contributed by atoms with Crippen LogP contribution in [0, 0.1) is 8.83 Å². The molecule has 5 heteroatoms. The van der Waals surface area contributed by atoms with E-state index < -0.39 is 0 Å². The number of aromatic nitrogens is 1. The summed E-state index contributed by atoms with van der Waals surface area (Å²) in [5.41, 5.74) is 0.687. The van der Waals surface area contributed by atoms with E-state index >= 15 is 0 Å². The lowest BCUT2D eigenvalue weighted by Crippen LogP contribution is -1.75. The molecule has 0 spiro atoms. The van der Waals surface area contributed by atoms with Crippen molar-refractivity contribution < 1.29 is 4.39 Å². The topological polar surface area (TPSA) is 12.9 Å². The average molecular weight is 314 g/mol. The fourth-order valence-corrected chi connectivity index (χ4v) is 2.93. The van der Waals surface area contributed by atoms with Crippen LogP contribution in [0.1, 0.15) is 0 Å². The van der Waals surface area contributed by atoms with Gasteiger partial charge >= 0.3 is 0 Å². The highest BCUT2D eigenvalue weighted by atomic mass is 127. The molecule has 0 aliphatic carbocycles. The van der Waals surface area contributed by atoms with Crippen molar-refractivity contribution in [1.29, 1.82) is 0 Å². The van der Waals surface area contributed by atoms with Crippen molar-refractivity contribution in [2.24, 2.45) is 0 Å². The van der Waals surface area contributed by atoms with Gasteiger partial charge in [0.1, 0.15) is 11.3 Å². The maximum Gasteiger partial charge on any atom is 0.155 e. The van der Waals surface area contributed by atoms with Gasteiger partial charge in [-0.05, 0) is 34.7 Å². The molecule has 1 aromatic carbocycles. The maximum atomic E-state index is 12.8. The highest BCUT2D eigenvalue weighted by Gasteiger charge is 2.06. The minimum Gasteiger partial charge on any atom is -0.228 e. The predicted molar refractivity (Wildman–Crippen MR) is 57.3 cm³/mol. The number of thiazole rings is 1. The summed E-state index contributed by atoms with van der Waals surface area (Å²) < 4.78 is 14.5. The fourth-order valence-electron chi connectivity index (χ4n) is 0.930. The van der Waals surface area contributed by atoms with E-state index in [0.717, 1.165) is 7.71 Å². The Hall–Kier alpha value is 0.0600. The van der Waals surface area contributed by atoms with E-state index in [4.69, 9.17) is 11.6 Å². The number of hydrogen-bond donors (Lipinski definition) is 0. The van der Waals surface area contributed by atoms with Gasteiger partial charge in [0.25, 0.3) is 0 Å². The largest absolute Gasteiger partial charge is 0.228 e. The smallest absolute Gasteiger partial charge is 0.155 e. The Balaban J connectivity index is 2.88. The van der Waals surface area contributed by atoms with Gasteiger partial charge in [-0.2, -0.15) is 0 Å². The third-order valence-electron chi connectivity index (χ3n) is 1.39. The lowest BCUT2D eigenvalue weighted by atomic mass is 10.3. The zero-order valence-corrected chi connectivity index (χ0v) is 9.37. The van der Waals surface area contributed by atoms with Gasteiger partial charge in [0, 0.05) is 0 Å². The summed E-state index contributed by atoms with van der Waals surface area (Å²) in [6.45, 7) is 0. The highest BCUT2D eigenvalue weighted by Crippen LogP contribution is 2.29. The SMILES string of the molecule is Fc1cc(Cl)c2nc(I)sc2c1. The third-order valence-corrected chi connectivity index (χ3v) is 3.37. The molecule has 0 saturated heterocycles. The Morgan fingerprint density at radius 2 is 2.25 bits per heavy atom. The number of halogens is 3. The molecule has 0 radical (unpaired) electrons. The van der Waals surface area contributed by atoms with Crippen LogP contribution in [0.3, 0.4) is 0 Å². The molecule has 0 unspecified atom stereocenters. The van der Waals surface area contributed by atoms with Crippen LogP contribution in [0.25, 0.3) is 10.2 Å². The molecule has 12 heavy (non-hydrogen) atoms. The van der Waals surface area contributed by atoms with Crippen LogP contribution in [0.2, 0.25) is 5.02 Å². The molecule has 1 heterocycles. The van der Waals surface area contributed by atoms with E-state index in [1.807, 2.05) is 0 Å². The van der Waals surface area contributed by atoms with E-state index in [1.165, 1.54) is 23.5 Å². The van der Waals surface area contributed by atoms with Crippen molar-refractivity contribution in [1.82, 2.24) is 4.98 Å². The molecule has 0 N–H and O–H groups in total. The molecular weight excluding hydrogens is 312 g/mol. The Labute approximate surface area is 90.7 Å². The van der Waals surface area contributed by atoms with E-state index in [9.17, 15) is 4.39 Å². The first-order valence-corrected chi connectivity index (χ1v) is 5.35. The minimum atomic E-state index is -0.312. The van der Waals surface area contributed by atoms with Crippen LogP contribution >= 0.6 is 45.5 Å². The number of fused-ring (bicyclic) bond motifs is 1. The van der Waals surface area contributed by atoms with E-state index in [-0.39, 0.29) is 5.82 Å². The van der Waals surface area contributed by atoms with Gasteiger partial charge in [-0.1, -0.05) is 11.6 Å². The van der Waals surface area contributed by atoms with Crippen molar-refractivity contribution in [3.05, 3.63) is 26.0 Å². The van der Waals surface area contributed by atoms with Crippen LogP contribution in [0.4, 0.5) is 4.39 Å². The molecule has 0 aliphatic heterocycles. The summed E-state index contributed by atoms with van der Waals surface area (Å²) in [7, 11) is 0. The molecule has 0 aliphatic rings. The second kappa shape index (κ2) is 3.08. The third kappa shape index (κ3) is 1.43. The Bertz CT molecular complexity index is 442. The maximum absolute atomic E-state index is 12.8. The zero-order chi connectivity index (χ0) is 8.72. The summed E-state index contributed by atoms with van der Waals surface area (Å²) in [4.78, 5) is 4.16. The molecule has 2 rings (SSSR count). The summed E-state index contributed by atoms with van der Waals surface area (Å²) in [5.74, 6) is -0.312. The fraction of sp³-hybridized carbons (Fsp3) is 0. The van der Waals surface area contributed by atoms with Gasteiger partial charge in [0.05, 0.1) is 9.72 Å². The zero-order valence-electron chi connectivity index (χ0n) is 5.64. The van der Waals surface area contributed by atoms with Gasteiger partial charge in [0.2, 0.25) is 0 Å². The standard InChI is InChI=1S/C7H2ClFINS/c8-4-1-3(9)2-5-6(4)11-7(10)12-5/h1-2H. The molecule has 0 bridgehead atoms. The normalized spacial score (nSPS) is 10.9. The molecule has 0 fully saturated rings. The van der Waals surface area contributed by atoms with Gasteiger partial charge in [-0.3, -0.25) is 0 Å². The Morgan fingerprint density at radius 1 is 1.50 bits per heavy atom. The van der Waals surface area contributed by atoms with Crippen molar-refractivity contribution >= 4 is 55.7 Å². The van der Waals surface area contributed by atoms with Gasteiger partial charge in [-0.15, -0.1) is 11.3 Å². The van der Waals surface area contributed by atoms with Crippen molar-refractivity contribution in [3.63, 3.8) is 0 Å². The van der Waals surface area contributed by atoms with Crippen molar-refractivity contribution in [3.8, 4) is 0 Å². The highest BCUT2D eigenvalue weighted by molar-refractivity contribution is 14.1. The second-order valence-electron chi connectivity index (χ2n) is 2.20. The van der Waals surface area contributed by atoms with Crippen LogP contribution in [0.15, 0.2) is 12.1 Å². The number of nitrogens with zero attached hydrogens (tertiary/aromatic N) is 1. The summed E-state index contributed by atoms with van der Waals surface area (Å²) >= 11 is 9.30. The van der Waals surface area contributed by atoms with Crippen molar-refractivity contribution in [2.75, 3.05) is 0 Å². The first-order valence-electron chi connectivity index (χ1n) is 3.08. The summed E-state index contributed by atoms with van der Waals surface area (Å²) in [6, 6.07) is 2.72. The molecular formula is C7H2ClFINS. The average Bonchev–Trinajstić information content (AvgIpc) is 2.29. The first-order chi connectivity index (χ1) is 5.66. The predicted octanol–water partition coefficient (Wildman–Crippen LogP) is 3.69. The second-order valence-corrected chi connectivity index (χ2v) is 5.39. The molecule has 1 aromatic heterocycles. The molecule has 1 nitrogen and oxygen atoms in total. The quantitative estimate of drug-likeness (QED) is 0.676. The minimum absolute atomic E-state index is 0.312. The van der Waals surface area contributed by atoms with Crippen molar-refractivity contribution in [2.45, 2.75) is 0 Å². The van der Waals surface area contributed by atoms with Crippen LogP contribution in [-0.4, -0.2) is 4.98 Å². The first kappa shape index (κ1) is 8.65. The van der Waals surface area contributed by atoms with E-state index in [2.05, 4.69) is 27.6 Å². The number of benzene rings is 1. The van der Waals surface area contributed by atoms with E-state index in [1.54, 1.807) is 0 Å². The molecule has 0 amide bonds. The van der Waals surface area contributed by atoms with Crippen LogP contribution < -0.4 is 0 Å². The molecule has 0 saturated carbocycles. The number of hydrogen-bond acceptors (Lipinski definition) is 2. The van der Waals surface area contributed by atoms with Gasteiger partial charge in [0.15, 0.2) is 3.01 Å². The lowest BCUT2D eigenvalue weighted by Gasteiger charge is -1.91. The number of rotatable bonds is 0. The molecule has 0 atom stereocenters. The van der Waals surface area contributed by atoms with Crippen LogP contribution in [-0.2, 0) is 0 Å². The van der Waals surface area contributed by atoms with E-state index in [0.29, 0.717) is 10.5 Å².